The Bertz CT molecular complexity index is 583. The van der Waals surface area contributed by atoms with Crippen LogP contribution in [0.1, 0.15) is 44.4 Å². The topological polar surface area (TPSA) is 56.5 Å². The van der Waals surface area contributed by atoms with E-state index in [1.54, 1.807) is 0 Å². The lowest BCUT2D eigenvalue weighted by Crippen LogP contribution is -2.54. The molecule has 2 unspecified atom stereocenters. The Balaban J connectivity index is 1.79. The molecule has 2 bridgehead atoms. The number of hydrogen-bond donors (Lipinski definition) is 2. The monoisotopic (exact) mass is 334 g/mol. The third-order valence-electron chi connectivity index (χ3n) is 5.67. The van der Waals surface area contributed by atoms with Crippen LogP contribution < -0.4 is 11.1 Å². The number of benzene rings is 1. The van der Waals surface area contributed by atoms with Crippen LogP contribution in [0, 0.1) is 0 Å². The molecule has 0 amide bonds. The normalized spacial score (nSPS) is 27.3. The first-order valence-corrected chi connectivity index (χ1v) is 11.5. The molecule has 1 aromatic rings. The lowest BCUT2D eigenvalue weighted by atomic mass is 9.89. The maximum atomic E-state index is 6.62. The molecule has 23 heavy (non-hydrogen) atoms. The summed E-state index contributed by atoms with van der Waals surface area (Å²) >= 11 is 0. The van der Waals surface area contributed by atoms with Crippen molar-refractivity contribution in [3.05, 3.63) is 29.3 Å². The Morgan fingerprint density at radius 2 is 2.09 bits per heavy atom. The lowest BCUT2D eigenvalue weighted by Gasteiger charge is -2.47. The van der Waals surface area contributed by atoms with Gasteiger partial charge in [-0.1, -0.05) is 26.8 Å². The van der Waals surface area contributed by atoms with Gasteiger partial charge in [0.15, 0.2) is 8.32 Å². The van der Waals surface area contributed by atoms with Gasteiger partial charge < -0.3 is 20.2 Å². The Labute approximate surface area is 140 Å². The quantitative estimate of drug-likeness (QED) is 0.826. The van der Waals surface area contributed by atoms with Crippen molar-refractivity contribution >= 4 is 14.0 Å². The molecule has 5 heteroatoms. The van der Waals surface area contributed by atoms with E-state index in [1.807, 2.05) is 0 Å². The standard InChI is InChI=1S/C18H30N2O2Si/c1-18(2,3)23(4,5)22-17-11-21-16-9-15(17)20-14-7-6-12(10-19)8-13(14)16/h6-8,15-17,20H,9-11,19H2,1-5H3/t15?,16-,17?/m1/s1. The first kappa shape index (κ1) is 17.0. The highest BCUT2D eigenvalue weighted by Crippen LogP contribution is 2.43. The van der Waals surface area contributed by atoms with Gasteiger partial charge in [0.25, 0.3) is 0 Å². The fraction of sp³-hybridized carbons (Fsp3) is 0.667. The van der Waals surface area contributed by atoms with E-state index in [1.165, 1.54) is 11.3 Å². The minimum Gasteiger partial charge on any atom is -0.409 e. The third kappa shape index (κ3) is 3.20. The molecule has 128 valence electrons. The predicted molar refractivity (Wildman–Crippen MR) is 97.1 cm³/mol. The number of nitrogens with one attached hydrogen (secondary N) is 1. The van der Waals surface area contributed by atoms with E-state index in [9.17, 15) is 0 Å². The summed E-state index contributed by atoms with van der Waals surface area (Å²) in [7, 11) is -1.79. The molecule has 4 nitrogen and oxygen atoms in total. The van der Waals surface area contributed by atoms with Crippen LogP contribution in [0.5, 0.6) is 0 Å². The van der Waals surface area contributed by atoms with E-state index < -0.39 is 8.32 Å². The van der Waals surface area contributed by atoms with Gasteiger partial charge in [-0.25, -0.2) is 0 Å². The zero-order chi connectivity index (χ0) is 16.8. The maximum Gasteiger partial charge on any atom is 0.192 e. The van der Waals surface area contributed by atoms with Gasteiger partial charge in [0.05, 0.1) is 24.9 Å². The number of rotatable bonds is 3. The Morgan fingerprint density at radius 1 is 1.35 bits per heavy atom. The number of fused-ring (bicyclic) bond motifs is 4. The van der Waals surface area contributed by atoms with Crippen LogP contribution in [0.3, 0.4) is 0 Å². The van der Waals surface area contributed by atoms with Gasteiger partial charge in [-0.2, -0.15) is 0 Å². The summed E-state index contributed by atoms with van der Waals surface area (Å²) in [6.45, 7) is 12.7. The van der Waals surface area contributed by atoms with Crippen molar-refractivity contribution < 1.29 is 9.16 Å². The van der Waals surface area contributed by atoms with Crippen molar-refractivity contribution in [3.63, 3.8) is 0 Å². The summed E-state index contributed by atoms with van der Waals surface area (Å²) in [5.41, 5.74) is 9.34. The molecule has 3 rings (SSSR count). The summed E-state index contributed by atoms with van der Waals surface area (Å²) in [5, 5.41) is 3.89. The first-order chi connectivity index (χ1) is 10.7. The van der Waals surface area contributed by atoms with Crippen LogP contribution in [0.2, 0.25) is 18.1 Å². The molecule has 2 aliphatic rings. The van der Waals surface area contributed by atoms with Crippen molar-refractivity contribution in [3.8, 4) is 0 Å². The summed E-state index contributed by atoms with van der Waals surface area (Å²) in [6, 6.07) is 6.74. The molecule has 0 radical (unpaired) electrons. The second-order valence-corrected chi connectivity index (χ2v) is 13.1. The molecule has 2 heterocycles. The Kier molecular flexibility index (Phi) is 4.34. The second-order valence-electron chi connectivity index (χ2n) is 8.35. The number of ether oxygens (including phenoxy) is 1. The largest absolute Gasteiger partial charge is 0.409 e. The predicted octanol–water partition coefficient (Wildman–Crippen LogP) is 3.79. The molecular weight excluding hydrogens is 304 g/mol. The van der Waals surface area contributed by atoms with E-state index in [-0.39, 0.29) is 17.2 Å². The SMILES string of the molecule is CC(C)(C)[Si](C)(C)OC1CO[C@@H]2CC1Nc1ccc(CN)cc12. The molecule has 1 saturated heterocycles. The Morgan fingerprint density at radius 3 is 2.74 bits per heavy atom. The third-order valence-corrected chi connectivity index (χ3v) is 10.2. The van der Waals surface area contributed by atoms with Gasteiger partial charge in [0, 0.05) is 24.2 Å². The van der Waals surface area contributed by atoms with Crippen LogP contribution in [-0.2, 0) is 15.7 Å². The molecule has 2 aliphatic heterocycles. The van der Waals surface area contributed by atoms with E-state index in [0.717, 1.165) is 12.0 Å². The average Bonchev–Trinajstić information content (AvgIpc) is 2.48. The minimum absolute atomic E-state index is 0.134. The van der Waals surface area contributed by atoms with Crippen LogP contribution in [0.25, 0.3) is 0 Å². The van der Waals surface area contributed by atoms with Crippen molar-refractivity contribution in [2.75, 3.05) is 11.9 Å². The number of hydrogen-bond acceptors (Lipinski definition) is 4. The fourth-order valence-electron chi connectivity index (χ4n) is 3.15. The van der Waals surface area contributed by atoms with Crippen molar-refractivity contribution in [1.29, 1.82) is 0 Å². The zero-order valence-electron chi connectivity index (χ0n) is 15.0. The van der Waals surface area contributed by atoms with Gasteiger partial charge in [0.2, 0.25) is 0 Å². The summed E-state index contributed by atoms with van der Waals surface area (Å²) in [4.78, 5) is 0. The van der Waals surface area contributed by atoms with Crippen molar-refractivity contribution in [1.82, 2.24) is 0 Å². The lowest BCUT2D eigenvalue weighted by molar-refractivity contribution is -0.0620. The summed E-state index contributed by atoms with van der Waals surface area (Å²) in [6.07, 6.45) is 1.27. The number of nitrogens with two attached hydrogens (primary N) is 1. The zero-order valence-corrected chi connectivity index (χ0v) is 16.0. The smallest absolute Gasteiger partial charge is 0.192 e. The highest BCUT2D eigenvalue weighted by atomic mass is 28.4. The van der Waals surface area contributed by atoms with Gasteiger partial charge in [0.1, 0.15) is 0 Å². The molecule has 3 atom stereocenters. The average molecular weight is 335 g/mol. The summed E-state index contributed by atoms with van der Waals surface area (Å²) in [5.74, 6) is 0. The molecule has 0 saturated carbocycles. The second kappa shape index (κ2) is 5.88. The fourth-order valence-corrected chi connectivity index (χ4v) is 4.50. The molecule has 1 fully saturated rings. The molecule has 0 aliphatic carbocycles. The maximum absolute atomic E-state index is 6.62. The van der Waals surface area contributed by atoms with Gasteiger partial charge in [-0.3, -0.25) is 0 Å². The van der Waals surface area contributed by atoms with Crippen molar-refractivity contribution in [2.24, 2.45) is 5.73 Å². The Hall–Kier alpha value is -0.883. The minimum atomic E-state index is -1.79. The highest BCUT2D eigenvalue weighted by molar-refractivity contribution is 6.74. The van der Waals surface area contributed by atoms with Crippen LogP contribution in [0.4, 0.5) is 5.69 Å². The van der Waals surface area contributed by atoms with Crippen LogP contribution in [-0.4, -0.2) is 27.1 Å². The highest BCUT2D eigenvalue weighted by Gasteiger charge is 2.44. The van der Waals surface area contributed by atoms with E-state index in [2.05, 4.69) is 57.4 Å². The van der Waals surface area contributed by atoms with Gasteiger partial charge in [-0.05, 0) is 35.8 Å². The summed E-state index contributed by atoms with van der Waals surface area (Å²) < 4.78 is 12.8. The van der Waals surface area contributed by atoms with E-state index in [0.29, 0.717) is 19.2 Å². The van der Waals surface area contributed by atoms with Crippen LogP contribution in [0.15, 0.2) is 18.2 Å². The molecular formula is C18H30N2O2Si. The van der Waals surface area contributed by atoms with Gasteiger partial charge in [-0.15, -0.1) is 0 Å². The van der Waals surface area contributed by atoms with Crippen molar-refractivity contribution in [2.45, 2.75) is 70.1 Å². The molecule has 0 aromatic heterocycles. The van der Waals surface area contributed by atoms with Crippen LogP contribution >= 0.6 is 0 Å². The van der Waals surface area contributed by atoms with E-state index >= 15 is 0 Å². The number of anilines is 1. The first-order valence-electron chi connectivity index (χ1n) is 8.60. The molecule has 0 spiro atoms. The van der Waals surface area contributed by atoms with E-state index in [4.69, 9.17) is 14.9 Å². The molecule has 3 N–H and O–H groups in total. The van der Waals surface area contributed by atoms with Gasteiger partial charge >= 0.3 is 0 Å². The molecule has 1 aromatic carbocycles.